The molecular formula is C20H24ClN3O3. The van der Waals surface area contributed by atoms with Crippen molar-refractivity contribution in [2.24, 2.45) is 0 Å². The zero-order valence-electron chi connectivity index (χ0n) is 15.7. The van der Waals surface area contributed by atoms with Crippen LogP contribution in [0, 0.1) is 0 Å². The molecule has 2 aromatic rings. The van der Waals surface area contributed by atoms with E-state index < -0.39 is 0 Å². The normalized spacial score (nSPS) is 11.7. The molecular weight excluding hydrogens is 366 g/mol. The largest absolute Gasteiger partial charge is 0.497 e. The van der Waals surface area contributed by atoms with Gasteiger partial charge in [0.25, 0.3) is 5.91 Å². The van der Waals surface area contributed by atoms with Crippen LogP contribution in [-0.2, 0) is 4.79 Å². The summed E-state index contributed by atoms with van der Waals surface area (Å²) < 4.78 is 5.26. The zero-order valence-corrected chi connectivity index (χ0v) is 16.4. The van der Waals surface area contributed by atoms with E-state index in [0.717, 1.165) is 11.3 Å². The van der Waals surface area contributed by atoms with Gasteiger partial charge in [0, 0.05) is 6.54 Å². The van der Waals surface area contributed by atoms with E-state index in [9.17, 15) is 9.59 Å². The highest BCUT2D eigenvalue weighted by Gasteiger charge is 2.17. The average molecular weight is 390 g/mol. The van der Waals surface area contributed by atoms with Crippen LogP contribution in [-0.4, -0.2) is 51.0 Å². The summed E-state index contributed by atoms with van der Waals surface area (Å²) in [4.78, 5) is 26.3. The van der Waals surface area contributed by atoms with E-state index in [1.165, 1.54) is 0 Å². The number of amides is 2. The molecule has 144 valence electrons. The number of rotatable bonds is 8. The third-order valence-corrected chi connectivity index (χ3v) is 4.45. The van der Waals surface area contributed by atoms with E-state index in [1.807, 2.05) is 43.3 Å². The zero-order chi connectivity index (χ0) is 19.8. The molecule has 0 spiro atoms. The number of benzene rings is 2. The lowest BCUT2D eigenvalue weighted by atomic mass is 10.1. The van der Waals surface area contributed by atoms with Gasteiger partial charge in [-0.3, -0.25) is 9.59 Å². The highest BCUT2D eigenvalue weighted by Crippen LogP contribution is 2.22. The number of methoxy groups -OCH3 is 1. The Hall–Kier alpha value is -2.57. The molecule has 2 amide bonds. The second-order valence-electron chi connectivity index (χ2n) is 6.22. The predicted octanol–water partition coefficient (Wildman–Crippen LogP) is 2.50. The van der Waals surface area contributed by atoms with E-state index >= 15 is 0 Å². The second-order valence-corrected chi connectivity index (χ2v) is 6.63. The summed E-state index contributed by atoms with van der Waals surface area (Å²) in [6.45, 7) is 0.281. The first kappa shape index (κ1) is 20.7. The van der Waals surface area contributed by atoms with E-state index in [2.05, 4.69) is 10.6 Å². The molecule has 0 saturated heterocycles. The van der Waals surface area contributed by atoms with Crippen LogP contribution in [0.3, 0.4) is 0 Å². The van der Waals surface area contributed by atoms with Crippen LogP contribution in [0.5, 0.6) is 5.75 Å². The molecule has 0 aliphatic heterocycles. The topological polar surface area (TPSA) is 70.7 Å². The van der Waals surface area contributed by atoms with Crippen LogP contribution >= 0.6 is 11.6 Å². The summed E-state index contributed by atoms with van der Waals surface area (Å²) in [6.07, 6.45) is 0. The Morgan fingerprint density at radius 2 is 1.85 bits per heavy atom. The molecule has 0 heterocycles. The van der Waals surface area contributed by atoms with Crippen molar-refractivity contribution in [3.05, 3.63) is 64.7 Å². The number of hydrogen-bond acceptors (Lipinski definition) is 4. The smallest absolute Gasteiger partial charge is 0.253 e. The molecule has 0 bridgehead atoms. The number of ether oxygens (including phenoxy) is 1. The lowest BCUT2D eigenvalue weighted by Gasteiger charge is -2.25. The van der Waals surface area contributed by atoms with E-state index in [4.69, 9.17) is 16.3 Å². The Balaban J connectivity index is 1.90. The Morgan fingerprint density at radius 1 is 1.11 bits per heavy atom. The molecule has 0 fully saturated rings. The van der Waals surface area contributed by atoms with Gasteiger partial charge in [-0.15, -0.1) is 0 Å². The van der Waals surface area contributed by atoms with Crippen molar-refractivity contribution in [2.75, 3.05) is 34.3 Å². The lowest BCUT2D eigenvalue weighted by molar-refractivity contribution is -0.120. The van der Waals surface area contributed by atoms with Gasteiger partial charge in [0.1, 0.15) is 5.75 Å². The summed E-state index contributed by atoms with van der Waals surface area (Å²) in [5.41, 5.74) is 1.37. The Labute approximate surface area is 164 Å². The first-order valence-electron chi connectivity index (χ1n) is 8.52. The fourth-order valence-corrected chi connectivity index (χ4v) is 2.84. The highest BCUT2D eigenvalue weighted by atomic mass is 35.5. The molecule has 27 heavy (non-hydrogen) atoms. The minimum atomic E-state index is -0.382. The molecule has 2 N–H and O–H groups in total. The molecule has 1 unspecified atom stereocenters. The van der Waals surface area contributed by atoms with E-state index in [0.29, 0.717) is 17.1 Å². The summed E-state index contributed by atoms with van der Waals surface area (Å²) in [5.74, 6) is 0.107. The van der Waals surface area contributed by atoms with Gasteiger partial charge in [0.2, 0.25) is 5.91 Å². The van der Waals surface area contributed by atoms with Crippen molar-refractivity contribution in [2.45, 2.75) is 6.04 Å². The predicted molar refractivity (Wildman–Crippen MR) is 106 cm³/mol. The van der Waals surface area contributed by atoms with E-state index in [-0.39, 0.29) is 24.4 Å². The molecule has 2 aromatic carbocycles. The van der Waals surface area contributed by atoms with Crippen LogP contribution in [0.2, 0.25) is 5.02 Å². The summed E-state index contributed by atoms with van der Waals surface area (Å²) in [5, 5.41) is 5.78. The first-order chi connectivity index (χ1) is 12.9. The number of halogens is 1. The highest BCUT2D eigenvalue weighted by molar-refractivity contribution is 6.33. The van der Waals surface area contributed by atoms with Gasteiger partial charge in [-0.2, -0.15) is 0 Å². The van der Waals surface area contributed by atoms with Crippen molar-refractivity contribution in [3.63, 3.8) is 0 Å². The van der Waals surface area contributed by atoms with E-state index in [1.54, 1.807) is 31.4 Å². The molecule has 6 nitrogen and oxygen atoms in total. The van der Waals surface area contributed by atoms with Crippen molar-refractivity contribution in [3.8, 4) is 5.75 Å². The molecule has 0 aliphatic rings. The van der Waals surface area contributed by atoms with Crippen molar-refractivity contribution in [1.82, 2.24) is 15.5 Å². The lowest BCUT2D eigenvalue weighted by Crippen LogP contribution is -2.40. The van der Waals surface area contributed by atoms with Gasteiger partial charge in [-0.05, 0) is 43.9 Å². The number of nitrogens with one attached hydrogen (secondary N) is 2. The van der Waals surface area contributed by atoms with Crippen LogP contribution in [0.4, 0.5) is 0 Å². The molecule has 0 radical (unpaired) electrons. The standard InChI is InChI=1S/C20H24ClN3O3/c1-24(2)18(14-7-6-8-15(11-14)27-3)12-22-19(25)13-23-20(26)16-9-4-5-10-17(16)21/h4-11,18H,12-13H2,1-3H3,(H,22,25)(H,23,26). The van der Waals surface area contributed by atoms with Crippen LogP contribution in [0.15, 0.2) is 48.5 Å². The van der Waals surface area contributed by atoms with Crippen molar-refractivity contribution >= 4 is 23.4 Å². The van der Waals surface area contributed by atoms with Crippen LogP contribution in [0.25, 0.3) is 0 Å². The van der Waals surface area contributed by atoms with Gasteiger partial charge in [-0.25, -0.2) is 0 Å². The van der Waals surface area contributed by atoms with Gasteiger partial charge in [-0.1, -0.05) is 35.9 Å². The van der Waals surface area contributed by atoms with Gasteiger partial charge >= 0.3 is 0 Å². The molecule has 7 heteroatoms. The van der Waals surface area contributed by atoms with Gasteiger partial charge in [0.15, 0.2) is 0 Å². The van der Waals surface area contributed by atoms with Gasteiger partial charge < -0.3 is 20.3 Å². The van der Waals surface area contributed by atoms with Crippen molar-refractivity contribution < 1.29 is 14.3 Å². The quantitative estimate of drug-likeness (QED) is 0.727. The summed E-state index contributed by atoms with van der Waals surface area (Å²) >= 11 is 5.99. The Morgan fingerprint density at radius 3 is 2.52 bits per heavy atom. The molecule has 1 atom stereocenters. The maximum Gasteiger partial charge on any atom is 0.253 e. The monoisotopic (exact) mass is 389 g/mol. The number of carbonyl (C=O) groups is 2. The SMILES string of the molecule is COc1cccc(C(CNC(=O)CNC(=O)c2ccccc2Cl)N(C)C)c1. The second kappa shape index (κ2) is 9.94. The molecule has 0 saturated carbocycles. The third-order valence-electron chi connectivity index (χ3n) is 4.12. The number of nitrogens with zero attached hydrogens (tertiary/aromatic N) is 1. The van der Waals surface area contributed by atoms with Crippen LogP contribution in [0.1, 0.15) is 22.0 Å². The Bertz CT molecular complexity index is 796. The first-order valence-corrected chi connectivity index (χ1v) is 8.90. The molecule has 0 aliphatic carbocycles. The maximum atomic E-state index is 12.1. The third kappa shape index (κ3) is 5.98. The van der Waals surface area contributed by atoms with Gasteiger partial charge in [0.05, 0.1) is 30.3 Å². The minimum Gasteiger partial charge on any atom is -0.497 e. The minimum absolute atomic E-state index is 0.0247. The Kier molecular flexibility index (Phi) is 7.64. The number of carbonyl (C=O) groups excluding carboxylic acids is 2. The maximum absolute atomic E-state index is 12.1. The summed E-state index contributed by atoms with van der Waals surface area (Å²) in [7, 11) is 5.50. The number of likely N-dealkylation sites (N-methyl/N-ethyl adjacent to an activating group) is 1. The fourth-order valence-electron chi connectivity index (χ4n) is 2.62. The van der Waals surface area contributed by atoms with Crippen molar-refractivity contribution in [1.29, 1.82) is 0 Å². The molecule has 0 aromatic heterocycles. The average Bonchev–Trinajstić information content (AvgIpc) is 2.66. The number of hydrogen-bond donors (Lipinski definition) is 2. The van der Waals surface area contributed by atoms with Crippen LogP contribution < -0.4 is 15.4 Å². The summed E-state index contributed by atoms with van der Waals surface area (Å²) in [6, 6.07) is 14.4. The fraction of sp³-hybridized carbons (Fsp3) is 0.300. The molecule has 2 rings (SSSR count).